The molecule has 0 N–H and O–H groups in total. The van der Waals surface area contributed by atoms with E-state index in [4.69, 9.17) is 4.52 Å². The third-order valence-electron chi connectivity index (χ3n) is 3.92. The number of aromatic nitrogens is 2. The predicted molar refractivity (Wildman–Crippen MR) is 79.9 cm³/mol. The Morgan fingerprint density at radius 2 is 2.14 bits per heavy atom. The first kappa shape index (κ1) is 13.4. The molecule has 5 nitrogen and oxygen atoms in total. The number of amides is 1. The van der Waals surface area contributed by atoms with Crippen LogP contribution in [0.3, 0.4) is 0 Å². The van der Waals surface area contributed by atoms with E-state index in [1.165, 1.54) is 6.26 Å². The maximum Gasteiger partial charge on any atom is 0.254 e. The Bertz CT molecular complexity index is 774. The Morgan fingerprint density at radius 3 is 2.86 bits per heavy atom. The van der Waals surface area contributed by atoms with Gasteiger partial charge in [-0.1, -0.05) is 11.2 Å². The number of hydrogen-bond donors (Lipinski definition) is 0. The highest BCUT2D eigenvalue weighted by molar-refractivity contribution is 5.98. The predicted octanol–water partition coefficient (Wildman–Crippen LogP) is 3.00. The Balaban J connectivity index is 1.90. The van der Waals surface area contributed by atoms with Crippen LogP contribution in [0.4, 0.5) is 0 Å². The van der Waals surface area contributed by atoms with E-state index in [0.29, 0.717) is 5.56 Å². The Kier molecular flexibility index (Phi) is 3.25. The molecule has 0 saturated carbocycles. The minimum absolute atomic E-state index is 0.0337. The monoisotopic (exact) mass is 283 g/mol. The number of hydrogen-bond acceptors (Lipinski definition) is 3. The van der Waals surface area contributed by atoms with Crippen LogP contribution in [0.15, 0.2) is 47.3 Å². The molecule has 108 valence electrons. The van der Waals surface area contributed by atoms with Crippen LogP contribution in [0.5, 0.6) is 0 Å². The third-order valence-corrected chi connectivity index (χ3v) is 3.92. The molecule has 3 aromatic rings. The number of benzene rings is 1. The number of carbonyl (C=O) groups is 1. The second-order valence-corrected chi connectivity index (χ2v) is 5.22. The summed E-state index contributed by atoms with van der Waals surface area (Å²) in [5.41, 5.74) is 2.45. The molecule has 0 aliphatic rings. The fourth-order valence-corrected chi connectivity index (χ4v) is 2.41. The van der Waals surface area contributed by atoms with Crippen LogP contribution in [0, 0.1) is 0 Å². The molecule has 0 spiro atoms. The second-order valence-electron chi connectivity index (χ2n) is 5.22. The van der Waals surface area contributed by atoms with Gasteiger partial charge in [0.2, 0.25) is 0 Å². The van der Waals surface area contributed by atoms with Crippen molar-refractivity contribution in [3.8, 4) is 0 Å². The van der Waals surface area contributed by atoms with Gasteiger partial charge in [-0.15, -0.1) is 0 Å². The van der Waals surface area contributed by atoms with E-state index in [0.717, 1.165) is 16.6 Å². The molecule has 1 aromatic carbocycles. The van der Waals surface area contributed by atoms with Gasteiger partial charge >= 0.3 is 0 Å². The van der Waals surface area contributed by atoms with Gasteiger partial charge in [0.1, 0.15) is 12.0 Å². The van der Waals surface area contributed by atoms with Crippen molar-refractivity contribution in [3.05, 3.63) is 54.0 Å². The number of aryl methyl sites for hydroxylation is 1. The van der Waals surface area contributed by atoms with Crippen LogP contribution in [0.25, 0.3) is 10.9 Å². The van der Waals surface area contributed by atoms with E-state index in [1.54, 1.807) is 18.0 Å². The maximum absolute atomic E-state index is 12.6. The third kappa shape index (κ3) is 2.31. The molecular formula is C16H17N3O2. The summed E-state index contributed by atoms with van der Waals surface area (Å²) in [6, 6.07) is 9.41. The van der Waals surface area contributed by atoms with Crippen LogP contribution >= 0.6 is 0 Å². The van der Waals surface area contributed by atoms with E-state index in [2.05, 4.69) is 5.16 Å². The molecule has 21 heavy (non-hydrogen) atoms. The molecule has 0 aliphatic heterocycles. The molecule has 0 bridgehead atoms. The molecular weight excluding hydrogens is 266 g/mol. The summed E-state index contributed by atoms with van der Waals surface area (Å²) in [5.74, 6) is -0.0337. The van der Waals surface area contributed by atoms with Gasteiger partial charge in [0.05, 0.1) is 6.04 Å². The summed E-state index contributed by atoms with van der Waals surface area (Å²) in [6.45, 7) is 1.93. The van der Waals surface area contributed by atoms with Crippen molar-refractivity contribution in [3.63, 3.8) is 0 Å². The van der Waals surface area contributed by atoms with Crippen molar-refractivity contribution in [1.29, 1.82) is 0 Å². The molecule has 0 fully saturated rings. The van der Waals surface area contributed by atoms with Gasteiger partial charge in [0.15, 0.2) is 0 Å². The standard InChI is InChI=1S/C16H17N3O2/c1-11(14-7-9-21-17-14)19(3)16(20)13-5-4-12-6-8-18(2)15(12)10-13/h4-11H,1-3H3/t11-/m1/s1. The highest BCUT2D eigenvalue weighted by Crippen LogP contribution is 2.22. The van der Waals surface area contributed by atoms with Crippen molar-refractivity contribution in [2.45, 2.75) is 13.0 Å². The molecule has 2 aromatic heterocycles. The summed E-state index contributed by atoms with van der Waals surface area (Å²) in [4.78, 5) is 14.3. The molecule has 1 amide bonds. The van der Waals surface area contributed by atoms with E-state index in [9.17, 15) is 4.79 Å². The topological polar surface area (TPSA) is 51.3 Å². The van der Waals surface area contributed by atoms with Gasteiger partial charge in [0.25, 0.3) is 5.91 Å². The average molecular weight is 283 g/mol. The van der Waals surface area contributed by atoms with Crippen LogP contribution in [0.1, 0.15) is 29.0 Å². The molecule has 0 saturated heterocycles. The Hall–Kier alpha value is -2.56. The maximum atomic E-state index is 12.6. The smallest absolute Gasteiger partial charge is 0.254 e. The minimum Gasteiger partial charge on any atom is -0.364 e. The van der Waals surface area contributed by atoms with Crippen LogP contribution < -0.4 is 0 Å². The number of rotatable bonds is 3. The molecule has 3 rings (SSSR count). The molecule has 1 atom stereocenters. The van der Waals surface area contributed by atoms with Gasteiger partial charge in [-0.05, 0) is 30.5 Å². The second kappa shape index (κ2) is 5.09. The molecule has 0 unspecified atom stereocenters. The molecule has 5 heteroatoms. The first-order valence-corrected chi connectivity index (χ1v) is 6.80. The zero-order valence-corrected chi connectivity index (χ0v) is 12.3. The van der Waals surface area contributed by atoms with Gasteiger partial charge in [-0.2, -0.15) is 0 Å². The van der Waals surface area contributed by atoms with E-state index in [1.807, 2.05) is 49.0 Å². The number of carbonyl (C=O) groups excluding carboxylic acids is 1. The zero-order chi connectivity index (χ0) is 15.0. The van der Waals surface area contributed by atoms with Gasteiger partial charge in [-0.3, -0.25) is 4.79 Å². The molecule has 0 radical (unpaired) electrons. The number of nitrogens with zero attached hydrogens (tertiary/aromatic N) is 3. The van der Waals surface area contributed by atoms with Gasteiger partial charge in [0, 0.05) is 37.4 Å². The van der Waals surface area contributed by atoms with E-state index in [-0.39, 0.29) is 11.9 Å². The highest BCUT2D eigenvalue weighted by Gasteiger charge is 2.21. The number of fused-ring (bicyclic) bond motifs is 1. The highest BCUT2D eigenvalue weighted by atomic mass is 16.5. The largest absolute Gasteiger partial charge is 0.364 e. The lowest BCUT2D eigenvalue weighted by Crippen LogP contribution is -2.29. The molecule has 0 aliphatic carbocycles. The fraction of sp³-hybridized carbons (Fsp3) is 0.250. The normalized spacial score (nSPS) is 12.5. The summed E-state index contributed by atoms with van der Waals surface area (Å²) in [5, 5.41) is 5.02. The minimum atomic E-state index is -0.139. The summed E-state index contributed by atoms with van der Waals surface area (Å²) >= 11 is 0. The fourth-order valence-electron chi connectivity index (χ4n) is 2.41. The van der Waals surface area contributed by atoms with Crippen molar-refractivity contribution in [2.75, 3.05) is 7.05 Å². The molecule has 2 heterocycles. The first-order valence-electron chi connectivity index (χ1n) is 6.80. The lowest BCUT2D eigenvalue weighted by atomic mass is 10.1. The summed E-state index contributed by atoms with van der Waals surface area (Å²) < 4.78 is 6.85. The Morgan fingerprint density at radius 1 is 1.33 bits per heavy atom. The van der Waals surface area contributed by atoms with Crippen molar-refractivity contribution in [2.24, 2.45) is 7.05 Å². The van der Waals surface area contributed by atoms with Crippen molar-refractivity contribution >= 4 is 16.8 Å². The van der Waals surface area contributed by atoms with Crippen molar-refractivity contribution in [1.82, 2.24) is 14.6 Å². The average Bonchev–Trinajstić information content (AvgIpc) is 3.15. The van der Waals surface area contributed by atoms with E-state index < -0.39 is 0 Å². The van der Waals surface area contributed by atoms with Crippen LogP contribution in [-0.4, -0.2) is 27.6 Å². The Labute approximate surface area is 122 Å². The van der Waals surface area contributed by atoms with Crippen LogP contribution in [-0.2, 0) is 7.05 Å². The lowest BCUT2D eigenvalue weighted by Gasteiger charge is -2.23. The quantitative estimate of drug-likeness (QED) is 0.742. The van der Waals surface area contributed by atoms with Crippen LogP contribution in [0.2, 0.25) is 0 Å². The van der Waals surface area contributed by atoms with Gasteiger partial charge in [-0.25, -0.2) is 0 Å². The lowest BCUT2D eigenvalue weighted by molar-refractivity contribution is 0.0738. The zero-order valence-electron chi connectivity index (χ0n) is 12.3. The SMILES string of the molecule is C[C@H](c1ccon1)N(C)C(=O)c1ccc2ccn(C)c2c1. The summed E-state index contributed by atoms with van der Waals surface area (Å²) in [6.07, 6.45) is 3.50. The first-order chi connectivity index (χ1) is 10.1. The van der Waals surface area contributed by atoms with Gasteiger partial charge < -0.3 is 14.0 Å². The summed E-state index contributed by atoms with van der Waals surface area (Å²) in [7, 11) is 3.75. The van der Waals surface area contributed by atoms with E-state index >= 15 is 0 Å². The van der Waals surface area contributed by atoms with Crippen molar-refractivity contribution < 1.29 is 9.32 Å².